The van der Waals surface area contributed by atoms with Gasteiger partial charge in [0, 0.05) is 27.8 Å². The van der Waals surface area contributed by atoms with Crippen LogP contribution in [0, 0.1) is 0 Å². The zero-order valence-corrected chi connectivity index (χ0v) is 31.8. The summed E-state index contributed by atoms with van der Waals surface area (Å²) in [6.45, 7) is 9.47. The van der Waals surface area contributed by atoms with Crippen LogP contribution in [0.15, 0.2) is 188 Å². The van der Waals surface area contributed by atoms with Gasteiger partial charge in [0.25, 0.3) is 0 Å². The van der Waals surface area contributed by atoms with Gasteiger partial charge in [0.15, 0.2) is 0 Å². The lowest BCUT2D eigenvalue weighted by Crippen LogP contribution is -2.17. The minimum Gasteiger partial charge on any atom is -0.310 e. The van der Waals surface area contributed by atoms with Crippen LogP contribution < -0.4 is 4.90 Å². The first kappa shape index (κ1) is 33.2. The highest BCUT2D eigenvalue weighted by molar-refractivity contribution is 5.94. The van der Waals surface area contributed by atoms with Gasteiger partial charge in [-0.05, 0) is 103 Å². The van der Waals surface area contributed by atoms with Crippen LogP contribution >= 0.6 is 0 Å². The Hall–Kier alpha value is -6.44. The van der Waals surface area contributed by atoms with Crippen molar-refractivity contribution in [3.63, 3.8) is 0 Å². The third-order valence-corrected chi connectivity index (χ3v) is 12.3. The lowest BCUT2D eigenvalue weighted by molar-refractivity contribution is 0.660. The third kappa shape index (κ3) is 5.14. The highest BCUT2D eigenvalue weighted by atomic mass is 15.1. The van der Waals surface area contributed by atoms with E-state index in [4.69, 9.17) is 0 Å². The van der Waals surface area contributed by atoms with Crippen molar-refractivity contribution in [2.75, 3.05) is 4.90 Å². The fourth-order valence-electron chi connectivity index (χ4n) is 9.62. The van der Waals surface area contributed by atoms with Crippen molar-refractivity contribution >= 4 is 17.1 Å². The minimum atomic E-state index is -0.104. The molecule has 0 radical (unpaired) electrons. The molecule has 0 aliphatic heterocycles. The van der Waals surface area contributed by atoms with Crippen molar-refractivity contribution in [2.45, 2.75) is 38.5 Å². The molecule has 0 atom stereocenters. The van der Waals surface area contributed by atoms with Crippen LogP contribution in [0.2, 0.25) is 0 Å². The van der Waals surface area contributed by atoms with Gasteiger partial charge in [-0.2, -0.15) is 0 Å². The number of fused-ring (bicyclic) bond motifs is 6. The average Bonchev–Trinajstić information content (AvgIpc) is 3.61. The molecule has 0 amide bonds. The van der Waals surface area contributed by atoms with Crippen LogP contribution in [0.3, 0.4) is 0 Å². The summed E-state index contributed by atoms with van der Waals surface area (Å²) < 4.78 is 0. The Bertz CT molecular complexity index is 2750. The Balaban J connectivity index is 1.11. The summed E-state index contributed by atoms with van der Waals surface area (Å²) in [6.07, 6.45) is 0. The maximum atomic E-state index is 2.45. The van der Waals surface area contributed by atoms with Crippen molar-refractivity contribution in [1.82, 2.24) is 0 Å². The summed E-state index contributed by atoms with van der Waals surface area (Å²) in [4.78, 5) is 2.45. The van der Waals surface area contributed by atoms with E-state index in [-0.39, 0.29) is 10.8 Å². The van der Waals surface area contributed by atoms with E-state index in [1.54, 1.807) is 0 Å². The summed E-state index contributed by atoms with van der Waals surface area (Å²) in [5.41, 5.74) is 21.5. The van der Waals surface area contributed by atoms with Crippen LogP contribution in [-0.2, 0) is 10.8 Å². The molecule has 0 aromatic heterocycles. The summed E-state index contributed by atoms with van der Waals surface area (Å²) >= 11 is 0. The van der Waals surface area contributed by atoms with Gasteiger partial charge in [-0.25, -0.2) is 0 Å². The van der Waals surface area contributed by atoms with Gasteiger partial charge in [0.05, 0.1) is 5.69 Å². The molecule has 2 aliphatic carbocycles. The first-order valence-corrected chi connectivity index (χ1v) is 19.4. The normalized spacial score (nSPS) is 14.1. The van der Waals surface area contributed by atoms with Gasteiger partial charge in [0.2, 0.25) is 0 Å². The number of nitrogens with zero attached hydrogens (tertiary/aromatic N) is 1. The van der Waals surface area contributed by atoms with Gasteiger partial charge < -0.3 is 4.90 Å². The van der Waals surface area contributed by atoms with E-state index in [9.17, 15) is 0 Å². The SMILES string of the molecule is CC1(C)c2ccccc2-c2ccc(N(c3ccc(-c4ccccc4-c4cccc5c4C(C)(C)c4ccccc4-5)cc3)c3ccccc3-c3ccccc3)cc21. The van der Waals surface area contributed by atoms with Crippen LogP contribution in [0.4, 0.5) is 17.1 Å². The molecule has 0 fully saturated rings. The molecule has 0 bridgehead atoms. The van der Waals surface area contributed by atoms with Crippen molar-refractivity contribution in [3.05, 3.63) is 210 Å². The molecule has 8 aromatic carbocycles. The Morgan fingerprint density at radius 2 is 0.782 bits per heavy atom. The molecule has 0 unspecified atom stereocenters. The predicted molar refractivity (Wildman–Crippen MR) is 233 cm³/mol. The Labute approximate surface area is 325 Å². The van der Waals surface area contributed by atoms with Gasteiger partial charge in [-0.3, -0.25) is 0 Å². The average molecular weight is 706 g/mol. The van der Waals surface area contributed by atoms with Gasteiger partial charge in [-0.15, -0.1) is 0 Å². The second kappa shape index (κ2) is 12.6. The fraction of sp³-hybridized carbons (Fsp3) is 0.111. The topological polar surface area (TPSA) is 3.24 Å². The molecule has 55 heavy (non-hydrogen) atoms. The molecule has 264 valence electrons. The molecule has 10 rings (SSSR count). The zero-order chi connectivity index (χ0) is 37.3. The van der Waals surface area contributed by atoms with Crippen LogP contribution in [-0.4, -0.2) is 0 Å². The molecule has 0 spiro atoms. The number of rotatable bonds is 6. The van der Waals surface area contributed by atoms with Gasteiger partial charge in [-0.1, -0.05) is 185 Å². The minimum absolute atomic E-state index is 0.0993. The summed E-state index contributed by atoms with van der Waals surface area (Å²) in [5, 5.41) is 0. The van der Waals surface area contributed by atoms with Crippen LogP contribution in [0.25, 0.3) is 55.6 Å². The Kier molecular flexibility index (Phi) is 7.58. The monoisotopic (exact) mass is 705 g/mol. The highest BCUT2D eigenvalue weighted by Gasteiger charge is 2.38. The Morgan fingerprint density at radius 3 is 1.49 bits per heavy atom. The van der Waals surface area contributed by atoms with Gasteiger partial charge in [0.1, 0.15) is 0 Å². The molecule has 0 heterocycles. The van der Waals surface area contributed by atoms with E-state index in [1.807, 2.05) is 0 Å². The lowest BCUT2D eigenvalue weighted by Gasteiger charge is -2.30. The summed E-state index contributed by atoms with van der Waals surface area (Å²) in [6, 6.07) is 69.4. The molecule has 0 N–H and O–H groups in total. The van der Waals surface area contributed by atoms with E-state index in [0.29, 0.717) is 0 Å². The number of benzene rings is 8. The lowest BCUT2D eigenvalue weighted by atomic mass is 9.78. The van der Waals surface area contributed by atoms with E-state index in [2.05, 4.69) is 221 Å². The summed E-state index contributed by atoms with van der Waals surface area (Å²) in [5.74, 6) is 0. The number of anilines is 3. The van der Waals surface area contributed by atoms with E-state index in [1.165, 1.54) is 77.9 Å². The molecule has 2 aliphatic rings. The largest absolute Gasteiger partial charge is 0.310 e. The van der Waals surface area contributed by atoms with E-state index >= 15 is 0 Å². The molecule has 0 saturated heterocycles. The van der Waals surface area contributed by atoms with Crippen LogP contribution in [0.5, 0.6) is 0 Å². The van der Waals surface area contributed by atoms with E-state index < -0.39 is 0 Å². The van der Waals surface area contributed by atoms with Crippen molar-refractivity contribution < 1.29 is 0 Å². The maximum absolute atomic E-state index is 2.45. The predicted octanol–water partition coefficient (Wildman–Crippen LogP) is 14.8. The van der Waals surface area contributed by atoms with Crippen molar-refractivity contribution in [3.8, 4) is 55.6 Å². The maximum Gasteiger partial charge on any atom is 0.0540 e. The number of hydrogen-bond acceptors (Lipinski definition) is 1. The first-order valence-electron chi connectivity index (χ1n) is 19.4. The first-order chi connectivity index (χ1) is 26.8. The van der Waals surface area contributed by atoms with Crippen LogP contribution in [0.1, 0.15) is 49.9 Å². The van der Waals surface area contributed by atoms with Crippen molar-refractivity contribution in [2.24, 2.45) is 0 Å². The van der Waals surface area contributed by atoms with Crippen molar-refractivity contribution in [1.29, 1.82) is 0 Å². The quantitative estimate of drug-likeness (QED) is 0.166. The molecular formula is C54H43N. The highest BCUT2D eigenvalue weighted by Crippen LogP contribution is 2.54. The van der Waals surface area contributed by atoms with Gasteiger partial charge >= 0.3 is 0 Å². The number of hydrogen-bond donors (Lipinski definition) is 0. The standard InChI is InChI=1S/C54H43N/c1-53(2)48-26-13-10-22-43(48)45-34-33-39(35-50(45)53)55(51-28-15-12-20-41(51)36-17-6-5-7-18-36)38-31-29-37(30-32-38)40-19-8-9-21-42(40)46-24-16-25-47-44-23-11-14-27-49(44)54(3,4)52(46)47/h5-35H,1-4H3. The molecule has 1 nitrogen and oxygen atoms in total. The molecule has 0 saturated carbocycles. The molecule has 1 heteroatoms. The fourth-order valence-corrected chi connectivity index (χ4v) is 9.62. The molecular weight excluding hydrogens is 663 g/mol. The second-order valence-corrected chi connectivity index (χ2v) is 16.1. The smallest absolute Gasteiger partial charge is 0.0540 e. The third-order valence-electron chi connectivity index (χ3n) is 12.3. The summed E-state index contributed by atoms with van der Waals surface area (Å²) in [7, 11) is 0. The Morgan fingerprint density at radius 1 is 0.309 bits per heavy atom. The number of para-hydroxylation sites is 1. The molecule has 8 aromatic rings. The second-order valence-electron chi connectivity index (χ2n) is 16.1. The van der Waals surface area contributed by atoms with E-state index in [0.717, 1.165) is 17.1 Å². The zero-order valence-electron chi connectivity index (χ0n) is 31.8.